The van der Waals surface area contributed by atoms with Crippen LogP contribution in [0.25, 0.3) is 0 Å². The molecule has 1 aromatic heterocycles. The van der Waals surface area contributed by atoms with Gasteiger partial charge in [0.05, 0.1) is 12.8 Å². The quantitative estimate of drug-likeness (QED) is 0.860. The van der Waals surface area contributed by atoms with Crippen molar-refractivity contribution in [2.24, 2.45) is 0 Å². The topological polar surface area (TPSA) is 64.6 Å². The second-order valence-corrected chi connectivity index (χ2v) is 6.03. The van der Waals surface area contributed by atoms with Crippen LogP contribution in [0.15, 0.2) is 30.3 Å². The number of ether oxygens (including phenoxy) is 2. The average molecular weight is 319 g/mol. The number of amides is 1. The summed E-state index contributed by atoms with van der Waals surface area (Å²) in [4.78, 5) is 25.2. The number of thiophene rings is 1. The van der Waals surface area contributed by atoms with E-state index in [4.69, 9.17) is 9.47 Å². The van der Waals surface area contributed by atoms with Crippen molar-refractivity contribution in [2.75, 3.05) is 19.0 Å². The molecule has 0 saturated heterocycles. The number of anilines is 1. The Kier molecular flexibility index (Phi) is 5.16. The van der Waals surface area contributed by atoms with Gasteiger partial charge in [0, 0.05) is 4.88 Å². The fourth-order valence-electron chi connectivity index (χ4n) is 1.85. The maximum Gasteiger partial charge on any atom is 0.348 e. The molecule has 0 aliphatic heterocycles. The van der Waals surface area contributed by atoms with E-state index in [1.165, 1.54) is 18.4 Å². The van der Waals surface area contributed by atoms with Crippen LogP contribution in [0.5, 0.6) is 5.75 Å². The minimum atomic E-state index is -0.496. The van der Waals surface area contributed by atoms with Crippen LogP contribution >= 0.6 is 11.3 Å². The highest BCUT2D eigenvalue weighted by molar-refractivity contribution is 7.13. The summed E-state index contributed by atoms with van der Waals surface area (Å²) < 4.78 is 10.2. The number of esters is 1. The van der Waals surface area contributed by atoms with E-state index in [0.29, 0.717) is 16.3 Å². The van der Waals surface area contributed by atoms with E-state index in [9.17, 15) is 9.59 Å². The highest BCUT2D eigenvalue weighted by atomic mass is 32.1. The Morgan fingerprint density at radius 2 is 1.95 bits per heavy atom. The van der Waals surface area contributed by atoms with Gasteiger partial charge in [-0.3, -0.25) is 4.79 Å². The highest BCUT2D eigenvalue weighted by Gasteiger charge is 2.13. The highest BCUT2D eigenvalue weighted by Crippen LogP contribution is 2.25. The first-order valence-corrected chi connectivity index (χ1v) is 7.49. The van der Waals surface area contributed by atoms with Gasteiger partial charge in [-0.25, -0.2) is 4.79 Å². The van der Waals surface area contributed by atoms with Gasteiger partial charge in [-0.2, -0.15) is 0 Å². The molecule has 1 heterocycles. The number of carbonyl (C=O) groups excluding carboxylic acids is 2. The van der Waals surface area contributed by atoms with E-state index in [1.807, 2.05) is 26.0 Å². The van der Waals surface area contributed by atoms with Crippen LogP contribution in [0, 0.1) is 13.8 Å². The van der Waals surface area contributed by atoms with Crippen molar-refractivity contribution in [3.05, 3.63) is 45.6 Å². The first-order valence-electron chi connectivity index (χ1n) is 6.67. The Bertz CT molecular complexity index is 693. The number of aryl methyl sites for hydroxylation is 2. The molecule has 22 heavy (non-hydrogen) atoms. The molecular weight excluding hydrogens is 302 g/mol. The monoisotopic (exact) mass is 319 g/mol. The zero-order valence-corrected chi connectivity index (χ0v) is 13.5. The van der Waals surface area contributed by atoms with Crippen LogP contribution < -0.4 is 10.1 Å². The number of carbonyl (C=O) groups is 2. The van der Waals surface area contributed by atoms with Gasteiger partial charge < -0.3 is 14.8 Å². The lowest BCUT2D eigenvalue weighted by Crippen LogP contribution is -2.21. The summed E-state index contributed by atoms with van der Waals surface area (Å²) in [6.07, 6.45) is 0. The van der Waals surface area contributed by atoms with E-state index in [2.05, 4.69) is 5.32 Å². The number of benzene rings is 1. The molecule has 0 fully saturated rings. The third-order valence-electron chi connectivity index (χ3n) is 2.90. The molecule has 1 amide bonds. The molecule has 0 aliphatic carbocycles. The molecule has 6 heteroatoms. The van der Waals surface area contributed by atoms with Crippen molar-refractivity contribution in [2.45, 2.75) is 13.8 Å². The molecule has 0 saturated carbocycles. The van der Waals surface area contributed by atoms with E-state index >= 15 is 0 Å². The summed E-state index contributed by atoms with van der Waals surface area (Å²) in [5, 5.41) is 2.68. The molecule has 2 aromatic rings. The number of methoxy groups -OCH3 is 1. The van der Waals surface area contributed by atoms with Crippen molar-refractivity contribution in [1.82, 2.24) is 0 Å². The smallest absolute Gasteiger partial charge is 0.348 e. The molecule has 116 valence electrons. The molecule has 2 rings (SSSR count). The Morgan fingerprint density at radius 1 is 1.18 bits per heavy atom. The normalized spacial score (nSPS) is 10.1. The third kappa shape index (κ3) is 4.08. The van der Waals surface area contributed by atoms with Crippen molar-refractivity contribution in [3.63, 3.8) is 0 Å². The van der Waals surface area contributed by atoms with E-state index in [-0.39, 0.29) is 6.61 Å². The predicted molar refractivity (Wildman–Crippen MR) is 85.7 cm³/mol. The Balaban J connectivity index is 1.93. The summed E-state index contributed by atoms with van der Waals surface area (Å²) in [7, 11) is 1.53. The maximum atomic E-state index is 11.9. The lowest BCUT2D eigenvalue weighted by atomic mass is 10.2. The minimum Gasteiger partial charge on any atom is -0.495 e. The van der Waals surface area contributed by atoms with Gasteiger partial charge in [0.2, 0.25) is 0 Å². The molecule has 5 nitrogen and oxygen atoms in total. The van der Waals surface area contributed by atoms with E-state index in [1.54, 1.807) is 18.2 Å². The van der Waals surface area contributed by atoms with E-state index in [0.717, 1.165) is 10.4 Å². The summed E-state index contributed by atoms with van der Waals surface area (Å²) in [5.41, 5.74) is 1.54. The maximum absolute atomic E-state index is 11.9. The first-order chi connectivity index (χ1) is 10.5. The molecule has 0 bridgehead atoms. The molecule has 0 aliphatic rings. The van der Waals surface area contributed by atoms with Crippen molar-refractivity contribution in [1.29, 1.82) is 0 Å². The number of nitrogens with one attached hydrogen (secondary N) is 1. The Morgan fingerprint density at radius 3 is 2.59 bits per heavy atom. The van der Waals surface area contributed by atoms with Gasteiger partial charge in [0.1, 0.15) is 10.6 Å². The Hall–Kier alpha value is -2.34. The third-order valence-corrected chi connectivity index (χ3v) is 3.89. The van der Waals surface area contributed by atoms with Gasteiger partial charge in [0.25, 0.3) is 5.91 Å². The molecule has 1 aromatic carbocycles. The minimum absolute atomic E-state index is 0.340. The Labute approximate surface area is 132 Å². The molecule has 0 spiro atoms. The largest absolute Gasteiger partial charge is 0.495 e. The summed E-state index contributed by atoms with van der Waals surface area (Å²) in [5.74, 6) is -0.353. The summed E-state index contributed by atoms with van der Waals surface area (Å²) in [6, 6.07) is 8.96. The van der Waals surface area contributed by atoms with Gasteiger partial charge >= 0.3 is 5.97 Å². The van der Waals surface area contributed by atoms with Crippen molar-refractivity contribution < 1.29 is 19.1 Å². The van der Waals surface area contributed by atoms with Gasteiger partial charge in [-0.05, 0) is 43.7 Å². The lowest BCUT2D eigenvalue weighted by Gasteiger charge is -2.11. The number of hydrogen-bond acceptors (Lipinski definition) is 5. The van der Waals surface area contributed by atoms with E-state index < -0.39 is 11.9 Å². The molecule has 0 unspecified atom stereocenters. The molecule has 0 radical (unpaired) electrons. The summed E-state index contributed by atoms with van der Waals surface area (Å²) in [6.45, 7) is 3.47. The summed E-state index contributed by atoms with van der Waals surface area (Å²) >= 11 is 1.33. The van der Waals surface area contributed by atoms with Crippen LogP contribution in [-0.2, 0) is 9.53 Å². The molecular formula is C16H17NO4S. The van der Waals surface area contributed by atoms with Gasteiger partial charge in [0.15, 0.2) is 6.61 Å². The van der Waals surface area contributed by atoms with Crippen LogP contribution in [-0.4, -0.2) is 25.6 Å². The zero-order chi connectivity index (χ0) is 16.1. The predicted octanol–water partition coefficient (Wildman–Crippen LogP) is 3.17. The van der Waals surface area contributed by atoms with Crippen LogP contribution in [0.4, 0.5) is 5.69 Å². The zero-order valence-electron chi connectivity index (χ0n) is 12.6. The fraction of sp³-hybridized carbons (Fsp3) is 0.250. The lowest BCUT2D eigenvalue weighted by molar-refractivity contribution is -0.119. The fourth-order valence-corrected chi connectivity index (χ4v) is 2.61. The number of rotatable bonds is 5. The second kappa shape index (κ2) is 7.09. The van der Waals surface area contributed by atoms with Crippen LogP contribution in [0.1, 0.15) is 20.1 Å². The van der Waals surface area contributed by atoms with Crippen LogP contribution in [0.3, 0.4) is 0 Å². The standard InChI is InChI=1S/C16H17NO4S/c1-10-4-6-13(20-3)12(8-10)17-15(18)9-21-16(19)14-7-5-11(2)22-14/h4-8H,9H2,1-3H3,(H,17,18). The number of hydrogen-bond donors (Lipinski definition) is 1. The van der Waals surface area contributed by atoms with Crippen molar-refractivity contribution >= 4 is 28.9 Å². The van der Waals surface area contributed by atoms with Crippen LogP contribution in [0.2, 0.25) is 0 Å². The second-order valence-electron chi connectivity index (χ2n) is 4.74. The molecule has 0 atom stereocenters. The van der Waals surface area contributed by atoms with Gasteiger partial charge in [-0.1, -0.05) is 6.07 Å². The SMILES string of the molecule is COc1ccc(C)cc1NC(=O)COC(=O)c1ccc(C)s1. The first kappa shape index (κ1) is 16.0. The molecule has 1 N–H and O–H groups in total. The van der Waals surface area contributed by atoms with Crippen molar-refractivity contribution in [3.8, 4) is 5.75 Å². The average Bonchev–Trinajstić information content (AvgIpc) is 2.92. The van der Waals surface area contributed by atoms with Gasteiger partial charge in [-0.15, -0.1) is 11.3 Å².